The van der Waals surface area contributed by atoms with Gasteiger partial charge in [-0.1, -0.05) is 11.6 Å². The van der Waals surface area contributed by atoms with Crippen molar-refractivity contribution < 1.29 is 19.4 Å². The number of halogens is 1. The summed E-state index contributed by atoms with van der Waals surface area (Å²) >= 11 is 5.59. The summed E-state index contributed by atoms with van der Waals surface area (Å²) in [5, 5.41) is 20.8. The van der Waals surface area contributed by atoms with E-state index in [1.54, 1.807) is 0 Å². The Morgan fingerprint density at radius 1 is 1.29 bits per heavy atom. The van der Waals surface area contributed by atoms with Gasteiger partial charge in [-0.3, -0.25) is 20.2 Å². The van der Waals surface area contributed by atoms with Crippen molar-refractivity contribution in [1.82, 2.24) is 0 Å². The largest absolute Gasteiger partial charge is 0.465 e. The van der Waals surface area contributed by atoms with Gasteiger partial charge in [-0.25, -0.2) is 4.79 Å². The van der Waals surface area contributed by atoms with Crippen LogP contribution in [-0.2, 0) is 4.74 Å². The average molecular weight is 261 g/mol. The predicted octanol–water partition coefficient (Wildman–Crippen LogP) is 1.94. The number of nitro benzene ring substituents is 2. The van der Waals surface area contributed by atoms with Crippen molar-refractivity contribution in [3.63, 3.8) is 0 Å². The molecule has 0 aromatic heterocycles. The molecule has 0 saturated heterocycles. The standard InChI is InChI=1S/C8H5ClN2O6/c1-17-8(12)7-5(9)2-4(10(13)14)3-6(7)11(15)16/h2-3H,1H3. The Morgan fingerprint density at radius 3 is 2.29 bits per heavy atom. The molecule has 0 saturated carbocycles. The molecule has 0 aliphatic carbocycles. The van der Waals surface area contributed by atoms with E-state index < -0.39 is 37.8 Å². The SMILES string of the molecule is COC(=O)c1c(Cl)cc([N+](=O)[O-])cc1[N+](=O)[O-]. The van der Waals surface area contributed by atoms with Crippen molar-refractivity contribution in [2.45, 2.75) is 0 Å². The lowest BCUT2D eigenvalue weighted by atomic mass is 10.1. The van der Waals surface area contributed by atoms with E-state index in [0.717, 1.165) is 13.2 Å². The van der Waals surface area contributed by atoms with Crippen LogP contribution in [0, 0.1) is 20.2 Å². The predicted molar refractivity (Wildman–Crippen MR) is 56.1 cm³/mol. The topological polar surface area (TPSA) is 113 Å². The minimum absolute atomic E-state index is 0.405. The molecule has 0 amide bonds. The van der Waals surface area contributed by atoms with E-state index in [2.05, 4.69) is 4.74 Å². The number of nitro groups is 2. The van der Waals surface area contributed by atoms with Crippen LogP contribution < -0.4 is 0 Å². The Bertz CT molecular complexity index is 515. The van der Waals surface area contributed by atoms with Gasteiger partial charge in [-0.05, 0) is 0 Å². The third kappa shape index (κ3) is 2.48. The highest BCUT2D eigenvalue weighted by atomic mass is 35.5. The van der Waals surface area contributed by atoms with Gasteiger partial charge in [-0.2, -0.15) is 0 Å². The zero-order valence-corrected chi connectivity index (χ0v) is 9.13. The molecule has 0 fully saturated rings. The van der Waals surface area contributed by atoms with E-state index in [1.807, 2.05) is 0 Å². The van der Waals surface area contributed by atoms with Crippen LogP contribution in [0.5, 0.6) is 0 Å². The van der Waals surface area contributed by atoms with Gasteiger partial charge in [0.15, 0.2) is 5.56 Å². The van der Waals surface area contributed by atoms with Crippen molar-refractivity contribution in [2.75, 3.05) is 7.11 Å². The van der Waals surface area contributed by atoms with Gasteiger partial charge in [0, 0.05) is 6.07 Å². The van der Waals surface area contributed by atoms with E-state index in [4.69, 9.17) is 11.6 Å². The molecule has 0 aliphatic heterocycles. The van der Waals surface area contributed by atoms with Gasteiger partial charge < -0.3 is 4.74 Å². The first-order chi connectivity index (χ1) is 7.88. The first-order valence-corrected chi connectivity index (χ1v) is 4.47. The normalized spacial score (nSPS) is 9.76. The number of benzene rings is 1. The molecular weight excluding hydrogens is 256 g/mol. The van der Waals surface area contributed by atoms with Crippen LogP contribution in [0.1, 0.15) is 10.4 Å². The molecule has 0 N–H and O–H groups in total. The first kappa shape index (κ1) is 12.8. The summed E-state index contributed by atoms with van der Waals surface area (Å²) in [4.78, 5) is 30.6. The van der Waals surface area contributed by atoms with Gasteiger partial charge in [-0.15, -0.1) is 0 Å². The van der Waals surface area contributed by atoms with Gasteiger partial charge in [0.25, 0.3) is 11.4 Å². The van der Waals surface area contributed by atoms with Crippen LogP contribution >= 0.6 is 11.6 Å². The summed E-state index contributed by atoms with van der Waals surface area (Å²) in [6, 6.07) is 1.50. The van der Waals surface area contributed by atoms with E-state index in [-0.39, 0.29) is 0 Å². The molecule has 1 aromatic rings. The third-order valence-electron chi connectivity index (χ3n) is 1.85. The Kier molecular flexibility index (Phi) is 3.59. The lowest BCUT2D eigenvalue weighted by Gasteiger charge is -2.03. The number of rotatable bonds is 3. The molecule has 0 aliphatic rings. The number of methoxy groups -OCH3 is 1. The molecule has 17 heavy (non-hydrogen) atoms. The van der Waals surface area contributed by atoms with Crippen LogP contribution in [0.3, 0.4) is 0 Å². The highest BCUT2D eigenvalue weighted by Gasteiger charge is 2.28. The monoisotopic (exact) mass is 260 g/mol. The summed E-state index contributed by atoms with van der Waals surface area (Å²) in [6.07, 6.45) is 0. The minimum atomic E-state index is -1.03. The number of nitrogens with zero attached hydrogens (tertiary/aromatic N) is 2. The lowest BCUT2D eigenvalue weighted by Crippen LogP contribution is -2.07. The van der Waals surface area contributed by atoms with E-state index in [9.17, 15) is 25.0 Å². The maximum Gasteiger partial charge on any atom is 0.346 e. The molecule has 1 aromatic carbocycles. The quantitative estimate of drug-likeness (QED) is 0.466. The number of carbonyl (C=O) groups excluding carboxylic acids is 1. The molecular formula is C8H5ClN2O6. The second kappa shape index (κ2) is 4.74. The number of ether oxygens (including phenoxy) is 1. The van der Waals surface area contributed by atoms with Crippen molar-refractivity contribution >= 4 is 28.9 Å². The lowest BCUT2D eigenvalue weighted by molar-refractivity contribution is -0.394. The van der Waals surface area contributed by atoms with Crippen molar-refractivity contribution in [2.24, 2.45) is 0 Å². The molecule has 0 spiro atoms. The number of hydrogen-bond acceptors (Lipinski definition) is 6. The fraction of sp³-hybridized carbons (Fsp3) is 0.125. The summed E-state index contributed by atoms with van der Waals surface area (Å²) < 4.78 is 4.31. The molecule has 8 nitrogen and oxygen atoms in total. The number of carbonyl (C=O) groups is 1. The second-order valence-electron chi connectivity index (χ2n) is 2.83. The Balaban J connectivity index is 3.54. The summed E-state index contributed by atoms with van der Waals surface area (Å²) in [6.45, 7) is 0. The Morgan fingerprint density at radius 2 is 1.88 bits per heavy atom. The molecule has 0 bridgehead atoms. The van der Waals surface area contributed by atoms with Crippen LogP contribution in [0.15, 0.2) is 12.1 Å². The smallest absolute Gasteiger partial charge is 0.346 e. The minimum Gasteiger partial charge on any atom is -0.465 e. The van der Waals surface area contributed by atoms with Crippen LogP contribution in [0.2, 0.25) is 5.02 Å². The highest BCUT2D eigenvalue weighted by Crippen LogP contribution is 2.32. The van der Waals surface area contributed by atoms with E-state index >= 15 is 0 Å². The molecule has 9 heteroatoms. The van der Waals surface area contributed by atoms with Gasteiger partial charge in [0.05, 0.1) is 28.0 Å². The van der Waals surface area contributed by atoms with Crippen LogP contribution in [0.25, 0.3) is 0 Å². The number of hydrogen-bond donors (Lipinski definition) is 0. The Hall–Kier alpha value is -2.22. The maximum atomic E-state index is 11.3. The number of non-ortho nitro benzene ring substituents is 1. The summed E-state index contributed by atoms with van der Waals surface area (Å²) in [7, 11) is 1.02. The van der Waals surface area contributed by atoms with Crippen molar-refractivity contribution in [3.05, 3.63) is 42.9 Å². The van der Waals surface area contributed by atoms with Gasteiger partial charge in [0.1, 0.15) is 0 Å². The van der Waals surface area contributed by atoms with Crippen LogP contribution in [0.4, 0.5) is 11.4 Å². The fourth-order valence-electron chi connectivity index (χ4n) is 1.13. The first-order valence-electron chi connectivity index (χ1n) is 4.09. The third-order valence-corrected chi connectivity index (χ3v) is 2.15. The summed E-state index contributed by atoms with van der Waals surface area (Å²) in [5.74, 6) is -1.03. The molecule has 0 radical (unpaired) electrons. The zero-order valence-electron chi connectivity index (χ0n) is 8.38. The van der Waals surface area contributed by atoms with E-state index in [1.165, 1.54) is 0 Å². The van der Waals surface area contributed by atoms with Crippen LogP contribution in [-0.4, -0.2) is 22.9 Å². The van der Waals surface area contributed by atoms with Crippen molar-refractivity contribution in [3.8, 4) is 0 Å². The molecule has 90 valence electrons. The summed E-state index contributed by atoms with van der Waals surface area (Å²) in [5.41, 5.74) is -1.85. The zero-order chi connectivity index (χ0) is 13.2. The second-order valence-corrected chi connectivity index (χ2v) is 3.23. The van der Waals surface area contributed by atoms with Gasteiger partial charge >= 0.3 is 5.97 Å². The molecule has 0 unspecified atom stereocenters. The molecule has 0 atom stereocenters. The van der Waals surface area contributed by atoms with Gasteiger partial charge in [0.2, 0.25) is 0 Å². The maximum absolute atomic E-state index is 11.3. The van der Waals surface area contributed by atoms with Crippen molar-refractivity contribution in [1.29, 1.82) is 0 Å². The molecule has 0 heterocycles. The molecule has 1 rings (SSSR count). The number of esters is 1. The van der Waals surface area contributed by atoms with E-state index in [0.29, 0.717) is 6.07 Å². The average Bonchev–Trinajstić information content (AvgIpc) is 2.26. The Labute approximate surface area is 99.0 Å². The highest BCUT2D eigenvalue weighted by molar-refractivity contribution is 6.34. The fourth-order valence-corrected chi connectivity index (χ4v) is 1.42.